The second kappa shape index (κ2) is 12.0. The first-order valence-corrected chi connectivity index (χ1v) is 13.4. The van der Waals surface area contributed by atoms with E-state index >= 15 is 0 Å². The Bertz CT molecular complexity index is 1340. The van der Waals surface area contributed by atoms with Crippen molar-refractivity contribution in [1.29, 1.82) is 0 Å². The van der Waals surface area contributed by atoms with Gasteiger partial charge < -0.3 is 10.2 Å². The van der Waals surface area contributed by atoms with Crippen molar-refractivity contribution in [3.8, 4) is 0 Å². The number of nitrogens with one attached hydrogen (secondary N) is 1. The van der Waals surface area contributed by atoms with Crippen molar-refractivity contribution in [2.45, 2.75) is 44.7 Å². The van der Waals surface area contributed by atoms with Crippen LogP contribution in [0, 0.1) is 19.7 Å². The molecule has 0 spiro atoms. The minimum Gasteiger partial charge on any atom is -0.357 e. The molecular weight excluding hydrogens is 493 g/mol. The number of hydrogen-bond donors (Lipinski definition) is 1. The predicted octanol–water partition coefficient (Wildman–Crippen LogP) is 4.19. The van der Waals surface area contributed by atoms with Gasteiger partial charge in [-0.05, 0) is 67.8 Å². The molecule has 0 aliphatic carbocycles. The number of rotatable bonds is 10. The number of carbonyl (C=O) groups is 2. The Morgan fingerprint density at radius 3 is 2.14 bits per heavy atom. The lowest BCUT2D eigenvalue weighted by molar-refractivity contribution is -0.140. The number of likely N-dealkylation sites (N-methyl/N-ethyl adjacent to an activating group) is 1. The van der Waals surface area contributed by atoms with Crippen LogP contribution in [0.3, 0.4) is 0 Å². The van der Waals surface area contributed by atoms with E-state index in [1.54, 1.807) is 31.2 Å². The van der Waals surface area contributed by atoms with Crippen LogP contribution >= 0.6 is 0 Å². The molecule has 0 radical (unpaired) electrons. The summed E-state index contributed by atoms with van der Waals surface area (Å²) >= 11 is 0. The number of hydrogen-bond acceptors (Lipinski definition) is 4. The van der Waals surface area contributed by atoms with Gasteiger partial charge in [0, 0.05) is 13.6 Å². The SMILES string of the molecule is CC[C@@H](C(=O)NC)N(Cc1ccccc1C)C(=O)CN(c1ccc(C)cc1)S(=O)(=O)c1ccc(F)cc1. The summed E-state index contributed by atoms with van der Waals surface area (Å²) in [4.78, 5) is 27.8. The van der Waals surface area contributed by atoms with Gasteiger partial charge in [0.1, 0.15) is 18.4 Å². The van der Waals surface area contributed by atoms with E-state index in [1.165, 1.54) is 24.1 Å². The number of benzene rings is 3. The van der Waals surface area contributed by atoms with Crippen LogP contribution in [0.5, 0.6) is 0 Å². The Kier molecular flexibility index (Phi) is 9.04. The number of amides is 2. The van der Waals surface area contributed by atoms with Crippen molar-refractivity contribution < 1.29 is 22.4 Å². The molecule has 0 aromatic heterocycles. The monoisotopic (exact) mass is 525 g/mol. The molecule has 0 aliphatic heterocycles. The van der Waals surface area contributed by atoms with Crippen LogP contribution < -0.4 is 9.62 Å². The van der Waals surface area contributed by atoms with Crippen LogP contribution in [0.25, 0.3) is 0 Å². The fourth-order valence-corrected chi connectivity index (χ4v) is 5.44. The van der Waals surface area contributed by atoms with Gasteiger partial charge in [0.25, 0.3) is 10.0 Å². The average Bonchev–Trinajstić information content (AvgIpc) is 2.88. The Morgan fingerprint density at radius 1 is 0.946 bits per heavy atom. The smallest absolute Gasteiger partial charge is 0.264 e. The topological polar surface area (TPSA) is 86.8 Å². The van der Waals surface area contributed by atoms with Crippen LogP contribution in [0.1, 0.15) is 30.0 Å². The quantitative estimate of drug-likeness (QED) is 0.430. The van der Waals surface area contributed by atoms with Crippen molar-refractivity contribution in [3.05, 3.63) is 95.3 Å². The maximum Gasteiger partial charge on any atom is 0.264 e. The van der Waals surface area contributed by atoms with Gasteiger partial charge in [-0.15, -0.1) is 0 Å². The van der Waals surface area contributed by atoms with Crippen LogP contribution in [0.15, 0.2) is 77.7 Å². The maximum atomic E-state index is 13.8. The minimum absolute atomic E-state index is 0.135. The van der Waals surface area contributed by atoms with E-state index in [1.807, 2.05) is 38.1 Å². The van der Waals surface area contributed by atoms with Crippen molar-refractivity contribution in [3.63, 3.8) is 0 Å². The number of sulfonamides is 1. The van der Waals surface area contributed by atoms with Gasteiger partial charge in [0.2, 0.25) is 11.8 Å². The van der Waals surface area contributed by atoms with Crippen molar-refractivity contribution in [1.82, 2.24) is 10.2 Å². The zero-order chi connectivity index (χ0) is 27.2. The molecule has 0 saturated carbocycles. The molecule has 37 heavy (non-hydrogen) atoms. The molecule has 1 N–H and O–H groups in total. The normalized spacial score (nSPS) is 12.0. The highest BCUT2D eigenvalue weighted by molar-refractivity contribution is 7.92. The molecule has 3 rings (SSSR count). The van der Waals surface area contributed by atoms with Gasteiger partial charge in [-0.2, -0.15) is 0 Å². The lowest BCUT2D eigenvalue weighted by Gasteiger charge is -2.33. The molecule has 0 unspecified atom stereocenters. The van der Waals surface area contributed by atoms with Gasteiger partial charge in [-0.3, -0.25) is 13.9 Å². The predicted molar refractivity (Wildman–Crippen MR) is 142 cm³/mol. The van der Waals surface area contributed by atoms with Gasteiger partial charge in [0.05, 0.1) is 10.6 Å². The fourth-order valence-electron chi connectivity index (χ4n) is 4.03. The molecule has 0 fully saturated rings. The van der Waals surface area contributed by atoms with E-state index in [4.69, 9.17) is 0 Å². The molecule has 0 aliphatic rings. The van der Waals surface area contributed by atoms with Crippen LogP contribution in [0.4, 0.5) is 10.1 Å². The van der Waals surface area contributed by atoms with Gasteiger partial charge >= 0.3 is 0 Å². The number of aryl methyl sites for hydroxylation is 2. The molecule has 3 aromatic carbocycles. The summed E-state index contributed by atoms with van der Waals surface area (Å²) in [6, 6.07) is 17.9. The summed E-state index contributed by atoms with van der Waals surface area (Å²) < 4.78 is 41.9. The molecule has 0 heterocycles. The standard InChI is InChI=1S/C28H32FN3O4S/c1-5-26(28(34)30-4)31(18-22-9-7-6-8-21(22)3)27(33)19-32(24-14-10-20(2)11-15-24)37(35,36)25-16-12-23(29)13-17-25/h6-17,26H,5,18-19H2,1-4H3,(H,30,34)/t26-/m0/s1. The lowest BCUT2D eigenvalue weighted by atomic mass is 10.1. The highest BCUT2D eigenvalue weighted by Gasteiger charge is 2.33. The molecule has 0 bridgehead atoms. The highest BCUT2D eigenvalue weighted by Crippen LogP contribution is 2.25. The summed E-state index contributed by atoms with van der Waals surface area (Å²) in [5, 5.41) is 2.60. The molecule has 3 aromatic rings. The molecule has 0 saturated heterocycles. The van der Waals surface area contributed by atoms with E-state index in [-0.39, 0.29) is 23.0 Å². The molecule has 7 nitrogen and oxygen atoms in total. The van der Waals surface area contributed by atoms with Gasteiger partial charge in [-0.1, -0.05) is 48.9 Å². The number of halogens is 1. The Morgan fingerprint density at radius 2 is 1.57 bits per heavy atom. The second-order valence-corrected chi connectivity index (χ2v) is 10.6. The van der Waals surface area contributed by atoms with Crippen LogP contribution in [-0.4, -0.2) is 44.8 Å². The van der Waals surface area contributed by atoms with E-state index in [0.717, 1.165) is 33.1 Å². The van der Waals surface area contributed by atoms with E-state index < -0.39 is 34.3 Å². The Labute approximate surface area is 218 Å². The zero-order valence-corrected chi connectivity index (χ0v) is 22.3. The summed E-state index contributed by atoms with van der Waals surface area (Å²) in [6.45, 7) is 5.17. The molecule has 2 amide bonds. The Hall–Kier alpha value is -3.72. The lowest BCUT2D eigenvalue weighted by Crippen LogP contribution is -2.51. The number of anilines is 1. The number of carbonyl (C=O) groups excluding carboxylic acids is 2. The van der Waals surface area contributed by atoms with Crippen LogP contribution in [-0.2, 0) is 26.2 Å². The molecule has 9 heteroatoms. The third-order valence-electron chi connectivity index (χ3n) is 6.24. The van der Waals surface area contributed by atoms with E-state index in [9.17, 15) is 22.4 Å². The molecule has 1 atom stereocenters. The zero-order valence-electron chi connectivity index (χ0n) is 21.4. The first-order chi connectivity index (χ1) is 17.6. The van der Waals surface area contributed by atoms with Crippen LogP contribution in [0.2, 0.25) is 0 Å². The Balaban J connectivity index is 2.06. The summed E-state index contributed by atoms with van der Waals surface area (Å²) in [5.74, 6) is -1.45. The average molecular weight is 526 g/mol. The maximum absolute atomic E-state index is 13.8. The second-order valence-electron chi connectivity index (χ2n) is 8.79. The van der Waals surface area contributed by atoms with Crippen molar-refractivity contribution >= 4 is 27.5 Å². The molecule has 196 valence electrons. The summed E-state index contributed by atoms with van der Waals surface area (Å²) in [6.07, 6.45) is 0.340. The van der Waals surface area contributed by atoms with Gasteiger partial charge in [-0.25, -0.2) is 12.8 Å². The van der Waals surface area contributed by atoms with Crippen molar-refractivity contribution in [2.24, 2.45) is 0 Å². The summed E-state index contributed by atoms with van der Waals surface area (Å²) in [5.41, 5.74) is 3.00. The summed E-state index contributed by atoms with van der Waals surface area (Å²) in [7, 11) is -2.73. The highest BCUT2D eigenvalue weighted by atomic mass is 32.2. The largest absolute Gasteiger partial charge is 0.357 e. The van der Waals surface area contributed by atoms with E-state index in [2.05, 4.69) is 5.32 Å². The third kappa shape index (κ3) is 6.54. The minimum atomic E-state index is -4.23. The fraction of sp³-hybridized carbons (Fsp3) is 0.286. The van der Waals surface area contributed by atoms with Crippen molar-refractivity contribution in [2.75, 3.05) is 17.9 Å². The first-order valence-electron chi connectivity index (χ1n) is 12.0. The third-order valence-corrected chi connectivity index (χ3v) is 8.02. The van der Waals surface area contributed by atoms with E-state index in [0.29, 0.717) is 6.42 Å². The van der Waals surface area contributed by atoms with Gasteiger partial charge in [0.15, 0.2) is 0 Å². The molecular formula is C28H32FN3O4S. The first kappa shape index (κ1) is 27.9. The number of nitrogens with zero attached hydrogens (tertiary/aromatic N) is 2.